The summed E-state index contributed by atoms with van der Waals surface area (Å²) in [6, 6.07) is 24.0. The molecule has 130 valence electrons. The first-order valence-corrected chi connectivity index (χ1v) is 8.42. The second-order valence-electron chi connectivity index (χ2n) is 6.02. The minimum absolute atomic E-state index is 0.180. The van der Waals surface area contributed by atoms with Gasteiger partial charge in [0.2, 0.25) is 0 Å². The fourth-order valence-electron chi connectivity index (χ4n) is 2.64. The van der Waals surface area contributed by atoms with Crippen LogP contribution in [-0.4, -0.2) is 11.8 Å². The molecule has 0 radical (unpaired) electrons. The first-order chi connectivity index (χ1) is 12.6. The summed E-state index contributed by atoms with van der Waals surface area (Å²) in [4.78, 5) is 24.8. The van der Waals surface area contributed by atoms with Gasteiger partial charge in [0, 0.05) is 23.4 Å². The summed E-state index contributed by atoms with van der Waals surface area (Å²) < 4.78 is 0. The van der Waals surface area contributed by atoms with Crippen LogP contribution in [0.4, 0.5) is 5.69 Å². The van der Waals surface area contributed by atoms with Crippen molar-refractivity contribution in [2.75, 3.05) is 5.32 Å². The van der Waals surface area contributed by atoms with Gasteiger partial charge in [-0.1, -0.05) is 54.6 Å². The molecule has 0 heterocycles. The van der Waals surface area contributed by atoms with Crippen LogP contribution in [0.3, 0.4) is 0 Å². The Labute approximate surface area is 152 Å². The number of hydrogen-bond donors (Lipinski definition) is 2. The van der Waals surface area contributed by atoms with Crippen LogP contribution in [0.1, 0.15) is 31.8 Å². The maximum absolute atomic E-state index is 12.4. The predicted octanol–water partition coefficient (Wildman–Crippen LogP) is 4.18. The van der Waals surface area contributed by atoms with Gasteiger partial charge in [-0.3, -0.25) is 9.59 Å². The molecule has 0 aromatic heterocycles. The fourth-order valence-corrected chi connectivity index (χ4v) is 2.64. The molecule has 4 nitrogen and oxygen atoms in total. The summed E-state index contributed by atoms with van der Waals surface area (Å²) in [5.74, 6) is -0.370. The van der Waals surface area contributed by atoms with Crippen molar-refractivity contribution in [3.63, 3.8) is 0 Å². The normalized spacial score (nSPS) is 10.2. The molecule has 0 unspecified atom stereocenters. The number of benzene rings is 3. The molecule has 0 aliphatic heterocycles. The summed E-state index contributed by atoms with van der Waals surface area (Å²) in [7, 11) is 0. The quantitative estimate of drug-likeness (QED) is 0.729. The number of rotatable bonds is 5. The van der Waals surface area contributed by atoms with Crippen LogP contribution in [-0.2, 0) is 6.54 Å². The Morgan fingerprint density at radius 2 is 1.54 bits per heavy atom. The molecule has 0 saturated heterocycles. The lowest BCUT2D eigenvalue weighted by Crippen LogP contribution is -2.23. The lowest BCUT2D eigenvalue weighted by molar-refractivity contribution is 0.0949. The fraction of sp³-hybridized carbons (Fsp3) is 0.0909. The van der Waals surface area contributed by atoms with E-state index in [-0.39, 0.29) is 11.8 Å². The summed E-state index contributed by atoms with van der Waals surface area (Å²) in [5, 5.41) is 5.73. The third kappa shape index (κ3) is 4.36. The van der Waals surface area contributed by atoms with Gasteiger partial charge >= 0.3 is 0 Å². The van der Waals surface area contributed by atoms with Crippen LogP contribution in [0, 0.1) is 6.92 Å². The highest BCUT2D eigenvalue weighted by molar-refractivity contribution is 6.06. The van der Waals surface area contributed by atoms with Crippen molar-refractivity contribution in [3.8, 4) is 0 Å². The van der Waals surface area contributed by atoms with Crippen molar-refractivity contribution >= 4 is 17.5 Å². The molecule has 0 saturated carbocycles. The molecule has 0 fully saturated rings. The predicted molar refractivity (Wildman–Crippen MR) is 103 cm³/mol. The van der Waals surface area contributed by atoms with Gasteiger partial charge in [0.1, 0.15) is 0 Å². The van der Waals surface area contributed by atoms with E-state index in [2.05, 4.69) is 10.6 Å². The Kier molecular flexibility index (Phi) is 5.44. The highest BCUT2D eigenvalue weighted by atomic mass is 16.2. The molecule has 3 aromatic carbocycles. The molecular formula is C22H20N2O2. The Bertz CT molecular complexity index is 920. The number of anilines is 1. The van der Waals surface area contributed by atoms with Gasteiger partial charge in [-0.25, -0.2) is 0 Å². The molecule has 3 aromatic rings. The van der Waals surface area contributed by atoms with E-state index >= 15 is 0 Å². The molecule has 0 aliphatic carbocycles. The van der Waals surface area contributed by atoms with Crippen LogP contribution in [0.2, 0.25) is 0 Å². The molecule has 0 aliphatic rings. The third-order valence-corrected chi connectivity index (χ3v) is 4.07. The van der Waals surface area contributed by atoms with E-state index in [1.807, 2.05) is 55.5 Å². The number of aryl methyl sites for hydroxylation is 1. The van der Waals surface area contributed by atoms with Gasteiger partial charge in [0.05, 0.1) is 0 Å². The lowest BCUT2D eigenvalue weighted by atomic mass is 10.1. The number of nitrogens with one attached hydrogen (secondary N) is 2. The second-order valence-corrected chi connectivity index (χ2v) is 6.02. The second kappa shape index (κ2) is 8.12. The van der Waals surface area contributed by atoms with Gasteiger partial charge in [-0.05, 0) is 42.3 Å². The van der Waals surface area contributed by atoms with Gasteiger partial charge in [0.15, 0.2) is 0 Å². The average molecular weight is 344 g/mol. The van der Waals surface area contributed by atoms with Crippen molar-refractivity contribution in [2.45, 2.75) is 13.5 Å². The first kappa shape index (κ1) is 17.4. The Morgan fingerprint density at radius 3 is 2.31 bits per heavy atom. The molecule has 0 bridgehead atoms. The third-order valence-electron chi connectivity index (χ3n) is 4.07. The monoisotopic (exact) mass is 344 g/mol. The molecule has 0 atom stereocenters. The maximum Gasteiger partial charge on any atom is 0.255 e. The summed E-state index contributed by atoms with van der Waals surface area (Å²) in [6.07, 6.45) is 0. The topological polar surface area (TPSA) is 58.2 Å². The Balaban J connectivity index is 1.67. The molecule has 26 heavy (non-hydrogen) atoms. The van der Waals surface area contributed by atoms with Crippen LogP contribution >= 0.6 is 0 Å². The van der Waals surface area contributed by atoms with E-state index in [0.29, 0.717) is 23.4 Å². The molecular weight excluding hydrogens is 324 g/mol. The van der Waals surface area contributed by atoms with E-state index in [9.17, 15) is 9.59 Å². The Hall–Kier alpha value is -3.40. The zero-order chi connectivity index (χ0) is 18.4. The molecule has 0 spiro atoms. The van der Waals surface area contributed by atoms with Crippen molar-refractivity contribution in [1.29, 1.82) is 0 Å². The van der Waals surface area contributed by atoms with Crippen molar-refractivity contribution in [1.82, 2.24) is 5.32 Å². The smallest absolute Gasteiger partial charge is 0.255 e. The van der Waals surface area contributed by atoms with Crippen molar-refractivity contribution < 1.29 is 9.59 Å². The van der Waals surface area contributed by atoms with E-state index < -0.39 is 0 Å². The molecule has 2 amide bonds. The van der Waals surface area contributed by atoms with Crippen LogP contribution in [0.15, 0.2) is 78.9 Å². The number of hydrogen-bond acceptors (Lipinski definition) is 2. The standard InChI is InChI=1S/C22H20N2O2/c1-16-8-5-6-13-20(16)22(26)24-19-12-7-11-18(14-19)21(25)23-15-17-9-3-2-4-10-17/h2-14H,15H2,1H3,(H,23,25)(H,24,26). The van der Waals surface area contributed by atoms with Crippen LogP contribution in [0.5, 0.6) is 0 Å². The Morgan fingerprint density at radius 1 is 0.808 bits per heavy atom. The number of carbonyl (C=O) groups is 2. The summed E-state index contributed by atoms with van der Waals surface area (Å²) in [6.45, 7) is 2.35. The highest BCUT2D eigenvalue weighted by Gasteiger charge is 2.10. The van der Waals surface area contributed by atoms with Gasteiger partial charge in [-0.15, -0.1) is 0 Å². The zero-order valence-corrected chi connectivity index (χ0v) is 14.5. The van der Waals surface area contributed by atoms with E-state index in [0.717, 1.165) is 11.1 Å². The molecule has 3 rings (SSSR count). The zero-order valence-electron chi connectivity index (χ0n) is 14.5. The number of carbonyl (C=O) groups excluding carboxylic acids is 2. The van der Waals surface area contributed by atoms with Gasteiger partial charge < -0.3 is 10.6 Å². The summed E-state index contributed by atoms with van der Waals surface area (Å²) >= 11 is 0. The molecule has 4 heteroatoms. The largest absolute Gasteiger partial charge is 0.348 e. The first-order valence-electron chi connectivity index (χ1n) is 8.42. The average Bonchev–Trinajstić information content (AvgIpc) is 2.67. The van der Waals surface area contributed by atoms with Gasteiger partial charge in [-0.2, -0.15) is 0 Å². The molecule has 2 N–H and O–H groups in total. The van der Waals surface area contributed by atoms with E-state index in [1.165, 1.54) is 0 Å². The van der Waals surface area contributed by atoms with E-state index in [4.69, 9.17) is 0 Å². The SMILES string of the molecule is Cc1ccccc1C(=O)Nc1cccc(C(=O)NCc2ccccc2)c1. The minimum atomic E-state index is -0.190. The van der Waals surface area contributed by atoms with Crippen LogP contribution < -0.4 is 10.6 Å². The van der Waals surface area contributed by atoms with E-state index in [1.54, 1.807) is 30.3 Å². The van der Waals surface area contributed by atoms with Crippen molar-refractivity contribution in [3.05, 3.63) is 101 Å². The lowest BCUT2D eigenvalue weighted by Gasteiger charge is -2.10. The highest BCUT2D eigenvalue weighted by Crippen LogP contribution is 2.14. The van der Waals surface area contributed by atoms with Crippen molar-refractivity contribution in [2.24, 2.45) is 0 Å². The maximum atomic E-state index is 12.4. The van der Waals surface area contributed by atoms with Crippen LogP contribution in [0.25, 0.3) is 0 Å². The minimum Gasteiger partial charge on any atom is -0.348 e. The van der Waals surface area contributed by atoms with Gasteiger partial charge in [0.25, 0.3) is 11.8 Å². The summed E-state index contributed by atoms with van der Waals surface area (Å²) in [5.41, 5.74) is 3.65. The number of amides is 2.